The summed E-state index contributed by atoms with van der Waals surface area (Å²) in [5.41, 5.74) is 0.869. The van der Waals surface area contributed by atoms with E-state index in [1.807, 2.05) is 6.92 Å². The van der Waals surface area contributed by atoms with Gasteiger partial charge in [-0.05, 0) is 31.4 Å². The van der Waals surface area contributed by atoms with Crippen molar-refractivity contribution >= 4 is 17.7 Å². The number of nitro groups is 1. The molecule has 27 heavy (non-hydrogen) atoms. The number of rotatable bonds is 8. The Kier molecular flexibility index (Phi) is 6.75. The van der Waals surface area contributed by atoms with Crippen LogP contribution in [0.25, 0.3) is 0 Å². The van der Waals surface area contributed by atoms with Crippen molar-refractivity contribution in [1.82, 2.24) is 10.6 Å². The van der Waals surface area contributed by atoms with E-state index >= 15 is 0 Å². The van der Waals surface area contributed by atoms with Gasteiger partial charge in [-0.2, -0.15) is 0 Å². The van der Waals surface area contributed by atoms with Gasteiger partial charge in [-0.1, -0.05) is 19.4 Å². The van der Waals surface area contributed by atoms with Crippen LogP contribution >= 0.6 is 0 Å². The third kappa shape index (κ3) is 4.55. The molecule has 1 unspecified atom stereocenters. The monoisotopic (exact) mass is 377 g/mol. The predicted molar refractivity (Wildman–Crippen MR) is 97.2 cm³/mol. The van der Waals surface area contributed by atoms with Gasteiger partial charge in [-0.3, -0.25) is 10.1 Å². The van der Waals surface area contributed by atoms with Crippen molar-refractivity contribution in [2.75, 3.05) is 13.7 Å². The van der Waals surface area contributed by atoms with Crippen molar-refractivity contribution in [2.45, 2.75) is 39.2 Å². The number of esters is 1. The number of carbonyl (C=O) groups excluding carboxylic acids is 2. The maximum Gasteiger partial charge on any atom is 0.337 e. The third-order valence-corrected chi connectivity index (χ3v) is 4.15. The van der Waals surface area contributed by atoms with Crippen molar-refractivity contribution in [3.05, 3.63) is 45.1 Å². The van der Waals surface area contributed by atoms with Crippen LogP contribution in [0.4, 0.5) is 10.5 Å². The summed E-state index contributed by atoms with van der Waals surface area (Å²) in [4.78, 5) is 35.3. The van der Waals surface area contributed by atoms with E-state index in [1.54, 1.807) is 13.0 Å². The van der Waals surface area contributed by atoms with E-state index in [1.165, 1.54) is 19.2 Å². The summed E-state index contributed by atoms with van der Waals surface area (Å²) in [6.07, 6.45) is 2.14. The molecule has 9 heteroatoms. The molecule has 9 nitrogen and oxygen atoms in total. The second-order valence-corrected chi connectivity index (χ2v) is 5.94. The lowest BCUT2D eigenvalue weighted by Crippen LogP contribution is -2.45. The summed E-state index contributed by atoms with van der Waals surface area (Å²) in [5, 5.41) is 16.7. The largest absolute Gasteiger partial charge is 0.487 e. The van der Waals surface area contributed by atoms with Crippen LogP contribution < -0.4 is 15.4 Å². The lowest BCUT2D eigenvalue weighted by atomic mass is 9.93. The highest BCUT2D eigenvalue weighted by Crippen LogP contribution is 2.35. The summed E-state index contributed by atoms with van der Waals surface area (Å²) in [6, 6.07) is 3.03. The molecule has 1 aromatic carbocycles. The average molecular weight is 377 g/mol. The van der Waals surface area contributed by atoms with E-state index < -0.39 is 23.0 Å². The topological polar surface area (TPSA) is 120 Å². The molecule has 0 spiro atoms. The first-order chi connectivity index (χ1) is 12.9. The number of nitro benzene ring substituents is 1. The minimum absolute atomic E-state index is 0.126. The fourth-order valence-electron chi connectivity index (χ4n) is 2.90. The number of urea groups is 1. The molecule has 0 saturated heterocycles. The highest BCUT2D eigenvalue weighted by Gasteiger charge is 2.34. The van der Waals surface area contributed by atoms with Gasteiger partial charge >= 0.3 is 17.7 Å². The lowest BCUT2D eigenvalue weighted by molar-refractivity contribution is -0.385. The zero-order valence-corrected chi connectivity index (χ0v) is 15.5. The lowest BCUT2D eigenvalue weighted by Gasteiger charge is -2.29. The van der Waals surface area contributed by atoms with Gasteiger partial charge < -0.3 is 20.1 Å². The molecule has 146 valence electrons. The molecule has 1 atom stereocenters. The third-order valence-electron chi connectivity index (χ3n) is 4.15. The van der Waals surface area contributed by atoms with Crippen LogP contribution in [0.15, 0.2) is 29.5 Å². The number of allylic oxidation sites excluding steroid dienone is 1. The number of ether oxygens (including phenoxy) is 2. The molecule has 0 fully saturated rings. The van der Waals surface area contributed by atoms with Crippen molar-refractivity contribution in [3.63, 3.8) is 0 Å². The van der Waals surface area contributed by atoms with Crippen LogP contribution in [0.2, 0.25) is 0 Å². The molecule has 0 radical (unpaired) electrons. The molecule has 0 aliphatic carbocycles. The minimum Gasteiger partial charge on any atom is -0.487 e. The Morgan fingerprint density at radius 2 is 2.07 bits per heavy atom. The zero-order valence-electron chi connectivity index (χ0n) is 15.5. The van der Waals surface area contributed by atoms with Gasteiger partial charge in [-0.15, -0.1) is 0 Å². The number of amides is 2. The molecular weight excluding hydrogens is 354 g/mol. The number of nitrogens with zero attached hydrogens (tertiary/aromatic N) is 1. The Morgan fingerprint density at radius 3 is 2.67 bits per heavy atom. The number of unbranched alkanes of at least 4 members (excludes halogenated alkanes) is 1. The molecule has 0 bridgehead atoms. The maximum absolute atomic E-state index is 12.4. The molecule has 2 rings (SSSR count). The molecule has 0 aromatic heterocycles. The summed E-state index contributed by atoms with van der Waals surface area (Å²) in [5.74, 6) is -0.476. The fourth-order valence-corrected chi connectivity index (χ4v) is 2.90. The first-order valence-electron chi connectivity index (χ1n) is 8.72. The van der Waals surface area contributed by atoms with E-state index in [2.05, 4.69) is 10.6 Å². The molecule has 1 aliphatic rings. The van der Waals surface area contributed by atoms with Crippen LogP contribution in [0.3, 0.4) is 0 Å². The Morgan fingerprint density at radius 1 is 1.33 bits per heavy atom. The summed E-state index contributed by atoms with van der Waals surface area (Å²) < 4.78 is 10.2. The number of carbonyl (C=O) groups is 2. The number of benzene rings is 1. The van der Waals surface area contributed by atoms with Crippen LogP contribution in [-0.4, -0.2) is 30.6 Å². The van der Waals surface area contributed by atoms with Gasteiger partial charge in [0.1, 0.15) is 0 Å². The van der Waals surface area contributed by atoms with E-state index in [0.717, 1.165) is 12.8 Å². The first-order valence-corrected chi connectivity index (χ1v) is 8.72. The van der Waals surface area contributed by atoms with E-state index in [9.17, 15) is 19.7 Å². The number of nitrogens with one attached hydrogen (secondary N) is 2. The van der Waals surface area contributed by atoms with Crippen LogP contribution in [-0.2, 0) is 9.53 Å². The molecule has 2 amide bonds. The average Bonchev–Trinajstić information content (AvgIpc) is 2.65. The molecule has 1 aliphatic heterocycles. The Hall–Kier alpha value is -3.10. The van der Waals surface area contributed by atoms with Crippen LogP contribution in [0.5, 0.6) is 5.75 Å². The standard InChI is InChI=1S/C18H23N3O6/c1-4-6-7-12-15(17(22)26-3)16(20-18(23)19-12)11-8-9-14(27-5-2)13(10-11)21(24)25/h8-10,16H,4-7H2,1-3H3,(H2,19,20,23). The first kappa shape index (κ1) is 20.2. The Bertz CT molecular complexity index is 774. The quantitative estimate of drug-likeness (QED) is 0.408. The SMILES string of the molecule is CCCCC1=C(C(=O)OC)C(c2ccc(OCC)c([N+](=O)[O-])c2)NC(=O)N1. The number of hydrogen-bond donors (Lipinski definition) is 2. The normalized spacial score (nSPS) is 16.4. The van der Waals surface area contributed by atoms with Crippen molar-refractivity contribution in [3.8, 4) is 5.75 Å². The van der Waals surface area contributed by atoms with E-state index in [4.69, 9.17) is 9.47 Å². The second-order valence-electron chi connectivity index (χ2n) is 5.94. The second kappa shape index (κ2) is 9.02. The number of methoxy groups -OCH3 is 1. The summed E-state index contributed by atoms with van der Waals surface area (Å²) >= 11 is 0. The zero-order chi connectivity index (χ0) is 20.0. The maximum atomic E-state index is 12.4. The number of hydrogen-bond acceptors (Lipinski definition) is 6. The predicted octanol–water partition coefficient (Wildman–Crippen LogP) is 2.96. The van der Waals surface area contributed by atoms with Gasteiger partial charge in [-0.25, -0.2) is 9.59 Å². The smallest absolute Gasteiger partial charge is 0.337 e. The molecule has 0 saturated carbocycles. The Labute approximate surface area is 156 Å². The molecular formula is C18H23N3O6. The van der Waals surface area contributed by atoms with Crippen molar-refractivity contribution in [2.24, 2.45) is 0 Å². The summed E-state index contributed by atoms with van der Waals surface area (Å²) in [7, 11) is 1.25. The van der Waals surface area contributed by atoms with Gasteiger partial charge in [0.2, 0.25) is 0 Å². The Balaban J connectivity index is 2.55. The van der Waals surface area contributed by atoms with E-state index in [-0.39, 0.29) is 23.6 Å². The van der Waals surface area contributed by atoms with E-state index in [0.29, 0.717) is 17.7 Å². The molecule has 2 N–H and O–H groups in total. The van der Waals surface area contributed by atoms with Crippen LogP contribution in [0.1, 0.15) is 44.7 Å². The van der Waals surface area contributed by atoms with Gasteiger partial charge in [0.25, 0.3) is 0 Å². The van der Waals surface area contributed by atoms with Gasteiger partial charge in [0, 0.05) is 11.8 Å². The van der Waals surface area contributed by atoms with Gasteiger partial charge in [0.15, 0.2) is 5.75 Å². The van der Waals surface area contributed by atoms with Crippen molar-refractivity contribution < 1.29 is 24.0 Å². The fraction of sp³-hybridized carbons (Fsp3) is 0.444. The highest BCUT2D eigenvalue weighted by atomic mass is 16.6. The minimum atomic E-state index is -0.854. The van der Waals surface area contributed by atoms with Gasteiger partial charge in [0.05, 0.1) is 30.3 Å². The van der Waals surface area contributed by atoms with Crippen molar-refractivity contribution in [1.29, 1.82) is 0 Å². The molecule has 1 aromatic rings. The molecule has 1 heterocycles. The summed E-state index contributed by atoms with van der Waals surface area (Å²) in [6.45, 7) is 4.00. The van der Waals surface area contributed by atoms with Crippen LogP contribution in [0, 0.1) is 10.1 Å². The highest BCUT2D eigenvalue weighted by molar-refractivity contribution is 5.95.